The first-order valence-electron chi connectivity index (χ1n) is 8.32. The molecule has 1 heterocycles. The van der Waals surface area contributed by atoms with Crippen molar-refractivity contribution < 1.29 is 4.79 Å². The molecule has 0 aliphatic carbocycles. The van der Waals surface area contributed by atoms with Gasteiger partial charge in [-0.2, -0.15) is 0 Å². The minimum Gasteiger partial charge on any atom is -0.268 e. The Labute approximate surface area is 173 Å². The summed E-state index contributed by atoms with van der Waals surface area (Å²) in [4.78, 5) is 17.8. The van der Waals surface area contributed by atoms with Crippen molar-refractivity contribution in [3.8, 4) is 0 Å². The number of fused-ring (bicyclic) bond motifs is 1. The summed E-state index contributed by atoms with van der Waals surface area (Å²) in [5.74, 6) is -0.117. The van der Waals surface area contributed by atoms with Crippen LogP contribution in [-0.4, -0.2) is 15.5 Å². The third kappa shape index (κ3) is 3.80. The zero-order valence-electron chi connectivity index (χ0n) is 14.1. The Morgan fingerprint density at radius 2 is 1.48 bits per heavy atom. The molecule has 1 aromatic heterocycles. The summed E-state index contributed by atoms with van der Waals surface area (Å²) >= 11 is 6.90. The van der Waals surface area contributed by atoms with Crippen LogP contribution in [0.15, 0.2) is 88.1 Å². The van der Waals surface area contributed by atoms with Gasteiger partial charge in [0.2, 0.25) is 0 Å². The first-order chi connectivity index (χ1) is 13.1. The van der Waals surface area contributed by atoms with E-state index in [2.05, 4.69) is 36.8 Å². The molecule has 0 atom stereocenters. The van der Waals surface area contributed by atoms with Gasteiger partial charge in [-0.05, 0) is 53.6 Å². The van der Waals surface area contributed by atoms with Crippen molar-refractivity contribution in [2.45, 2.75) is 0 Å². The van der Waals surface area contributed by atoms with Crippen molar-refractivity contribution in [3.05, 3.63) is 99.2 Å². The summed E-state index contributed by atoms with van der Waals surface area (Å²) in [5.41, 5.74) is 4.00. The summed E-state index contributed by atoms with van der Waals surface area (Å²) in [5, 5.41) is 0. The van der Waals surface area contributed by atoms with E-state index in [1.54, 1.807) is 10.9 Å². The van der Waals surface area contributed by atoms with Gasteiger partial charge in [-0.25, -0.2) is 4.98 Å². The molecule has 0 aliphatic heterocycles. The molecule has 0 saturated carbocycles. The molecule has 0 bridgehead atoms. The van der Waals surface area contributed by atoms with Gasteiger partial charge in [-0.1, -0.05) is 68.3 Å². The Morgan fingerprint density at radius 1 is 0.852 bits per heavy atom. The fourth-order valence-electron chi connectivity index (χ4n) is 2.87. The average molecular weight is 482 g/mol. The number of hydrogen-bond acceptors (Lipinski definition) is 2. The molecule has 3 aromatic carbocycles. The predicted molar refractivity (Wildman–Crippen MR) is 117 cm³/mol. The Balaban J connectivity index is 1.85. The quantitative estimate of drug-likeness (QED) is 0.249. The molecular formula is C22H14Br2N2O. The second kappa shape index (κ2) is 7.62. The minimum atomic E-state index is -0.117. The molecule has 0 spiro atoms. The van der Waals surface area contributed by atoms with Crippen LogP contribution < -0.4 is 0 Å². The summed E-state index contributed by atoms with van der Waals surface area (Å²) in [6.07, 6.45) is 3.49. The van der Waals surface area contributed by atoms with Gasteiger partial charge in [0.1, 0.15) is 6.33 Å². The first-order valence-corrected chi connectivity index (χ1v) is 9.90. The zero-order valence-corrected chi connectivity index (χ0v) is 17.3. The van der Waals surface area contributed by atoms with Crippen LogP contribution in [0.4, 0.5) is 0 Å². The molecule has 0 saturated heterocycles. The van der Waals surface area contributed by atoms with Crippen molar-refractivity contribution >= 4 is 60.4 Å². The van der Waals surface area contributed by atoms with E-state index in [4.69, 9.17) is 0 Å². The predicted octanol–water partition coefficient (Wildman–Crippen LogP) is 6.44. The van der Waals surface area contributed by atoms with Crippen molar-refractivity contribution in [2.75, 3.05) is 0 Å². The van der Waals surface area contributed by atoms with E-state index < -0.39 is 0 Å². The van der Waals surface area contributed by atoms with Gasteiger partial charge in [0.25, 0.3) is 5.91 Å². The lowest BCUT2D eigenvalue weighted by Gasteiger charge is -2.09. The number of aromatic nitrogens is 2. The Hall–Kier alpha value is -2.50. The summed E-state index contributed by atoms with van der Waals surface area (Å²) in [6, 6.07) is 23.2. The molecule has 0 radical (unpaired) electrons. The fraction of sp³-hybridized carbons (Fsp3) is 0. The number of halogens is 2. The van der Waals surface area contributed by atoms with Gasteiger partial charge in [0.05, 0.1) is 11.0 Å². The van der Waals surface area contributed by atoms with Crippen molar-refractivity contribution in [2.24, 2.45) is 0 Å². The van der Waals surface area contributed by atoms with Gasteiger partial charge in [-0.15, -0.1) is 0 Å². The number of para-hydroxylation sites is 2. The third-order valence-corrected chi connectivity index (χ3v) is 5.30. The molecule has 0 N–H and O–H groups in total. The molecule has 0 fully saturated rings. The second-order valence-corrected chi connectivity index (χ2v) is 7.86. The molecule has 132 valence electrons. The van der Waals surface area contributed by atoms with Gasteiger partial charge >= 0.3 is 0 Å². The molecule has 0 unspecified atom stereocenters. The number of carbonyl (C=O) groups excluding carboxylic acids is 1. The van der Waals surface area contributed by atoms with Crippen LogP contribution in [0.1, 0.15) is 15.9 Å². The normalized spacial score (nSPS) is 11.7. The van der Waals surface area contributed by atoms with Gasteiger partial charge in [0, 0.05) is 14.5 Å². The lowest BCUT2D eigenvalue weighted by Crippen LogP contribution is -2.11. The van der Waals surface area contributed by atoms with E-state index in [0.29, 0.717) is 5.57 Å². The molecular weight excluding hydrogens is 468 g/mol. The summed E-state index contributed by atoms with van der Waals surface area (Å²) in [6.45, 7) is 0. The number of nitrogens with zero attached hydrogens (tertiary/aromatic N) is 2. The van der Waals surface area contributed by atoms with Crippen LogP contribution >= 0.6 is 31.9 Å². The van der Waals surface area contributed by atoms with E-state index in [1.165, 1.54) is 0 Å². The average Bonchev–Trinajstić information content (AvgIpc) is 3.12. The van der Waals surface area contributed by atoms with Gasteiger partial charge in [0.15, 0.2) is 0 Å². The number of benzene rings is 3. The number of hydrogen-bond donors (Lipinski definition) is 0. The van der Waals surface area contributed by atoms with E-state index in [9.17, 15) is 4.79 Å². The van der Waals surface area contributed by atoms with E-state index in [0.717, 1.165) is 31.1 Å². The SMILES string of the molecule is O=C(/C(=C/c1ccc(Br)cc1)c1ccc(Br)cc1)n1cnc2ccccc21. The number of rotatable bonds is 3. The van der Waals surface area contributed by atoms with Crippen LogP contribution in [-0.2, 0) is 0 Å². The van der Waals surface area contributed by atoms with Crippen molar-refractivity contribution in [1.82, 2.24) is 9.55 Å². The molecule has 5 heteroatoms. The van der Waals surface area contributed by atoms with Crippen LogP contribution in [0.2, 0.25) is 0 Å². The Bertz CT molecular complexity index is 1140. The maximum absolute atomic E-state index is 13.4. The number of allylic oxidation sites excluding steroid dienone is 1. The highest BCUT2D eigenvalue weighted by Crippen LogP contribution is 2.25. The highest BCUT2D eigenvalue weighted by molar-refractivity contribution is 9.10. The molecule has 4 rings (SSSR count). The minimum absolute atomic E-state index is 0.117. The summed E-state index contributed by atoms with van der Waals surface area (Å²) in [7, 11) is 0. The lowest BCUT2D eigenvalue weighted by atomic mass is 10.0. The monoisotopic (exact) mass is 480 g/mol. The zero-order chi connectivity index (χ0) is 18.8. The third-order valence-electron chi connectivity index (χ3n) is 4.24. The molecule has 3 nitrogen and oxygen atoms in total. The standard InChI is InChI=1S/C22H14Br2N2O/c23-17-9-5-15(6-10-17)13-19(16-7-11-18(24)12-8-16)22(27)26-14-25-20-3-1-2-4-21(20)26/h1-14H/b19-13+. The molecule has 0 amide bonds. The highest BCUT2D eigenvalue weighted by atomic mass is 79.9. The van der Waals surface area contributed by atoms with Gasteiger partial charge < -0.3 is 0 Å². The van der Waals surface area contributed by atoms with Crippen LogP contribution in [0, 0.1) is 0 Å². The molecule has 4 aromatic rings. The van der Waals surface area contributed by atoms with E-state index in [1.807, 2.05) is 78.9 Å². The van der Waals surface area contributed by atoms with Crippen molar-refractivity contribution in [1.29, 1.82) is 0 Å². The van der Waals surface area contributed by atoms with Gasteiger partial charge in [-0.3, -0.25) is 9.36 Å². The van der Waals surface area contributed by atoms with E-state index >= 15 is 0 Å². The number of imidazole rings is 1. The maximum Gasteiger partial charge on any atom is 0.264 e. The van der Waals surface area contributed by atoms with E-state index in [-0.39, 0.29) is 5.91 Å². The fourth-order valence-corrected chi connectivity index (χ4v) is 3.40. The largest absolute Gasteiger partial charge is 0.268 e. The van der Waals surface area contributed by atoms with Crippen LogP contribution in [0.3, 0.4) is 0 Å². The Morgan fingerprint density at radius 3 is 2.19 bits per heavy atom. The summed E-state index contributed by atoms with van der Waals surface area (Å²) < 4.78 is 3.56. The van der Waals surface area contributed by atoms with Crippen LogP contribution in [0.25, 0.3) is 22.7 Å². The maximum atomic E-state index is 13.4. The first kappa shape index (κ1) is 17.9. The topological polar surface area (TPSA) is 34.9 Å². The van der Waals surface area contributed by atoms with Crippen molar-refractivity contribution in [3.63, 3.8) is 0 Å². The number of carbonyl (C=O) groups is 1. The molecule has 0 aliphatic rings. The lowest BCUT2D eigenvalue weighted by molar-refractivity contribution is 0.0985. The van der Waals surface area contributed by atoms with Crippen LogP contribution in [0.5, 0.6) is 0 Å². The molecule has 27 heavy (non-hydrogen) atoms. The highest BCUT2D eigenvalue weighted by Gasteiger charge is 2.17. The smallest absolute Gasteiger partial charge is 0.264 e. The Kier molecular flexibility index (Phi) is 5.05. The second-order valence-electron chi connectivity index (χ2n) is 6.02.